The molecule has 62 valence electrons. The Morgan fingerprint density at radius 1 is 1.55 bits per heavy atom. The van der Waals surface area contributed by atoms with E-state index in [9.17, 15) is 9.59 Å². The van der Waals surface area contributed by atoms with Crippen molar-refractivity contribution >= 4 is 23.4 Å². The van der Waals surface area contributed by atoms with Crippen LogP contribution < -0.4 is 0 Å². The fourth-order valence-electron chi connectivity index (χ4n) is 0.794. The van der Waals surface area contributed by atoms with Crippen molar-refractivity contribution in [3.63, 3.8) is 0 Å². The maximum Gasteiger partial charge on any atom is 0.331 e. The number of methoxy groups -OCH3 is 1. The van der Waals surface area contributed by atoms with Crippen molar-refractivity contribution < 1.29 is 14.3 Å². The maximum atomic E-state index is 11.1. The van der Waals surface area contributed by atoms with Gasteiger partial charge in [-0.05, 0) is 12.8 Å². The fourth-order valence-corrected chi connectivity index (χ4v) is 1.06. The first kappa shape index (κ1) is 8.53. The third-order valence-electron chi connectivity index (χ3n) is 1.64. The average Bonchev–Trinajstić information content (AvgIpc) is 2.82. The smallest absolute Gasteiger partial charge is 0.331 e. The molecule has 11 heavy (non-hydrogen) atoms. The van der Waals surface area contributed by atoms with E-state index < -0.39 is 11.3 Å². The predicted molar refractivity (Wildman–Crippen MR) is 39.4 cm³/mol. The Kier molecular flexibility index (Phi) is 2.49. The first-order valence-corrected chi connectivity index (χ1v) is 3.86. The summed E-state index contributed by atoms with van der Waals surface area (Å²) in [6.45, 7) is 0. The van der Waals surface area contributed by atoms with Crippen LogP contribution in [0.4, 0.5) is 0 Å². The van der Waals surface area contributed by atoms with E-state index in [-0.39, 0.29) is 11.7 Å². The number of Topliss-reactive ketones (excluding diaryl/α,β-unsaturated/α-hetero) is 1. The van der Waals surface area contributed by atoms with Gasteiger partial charge in [-0.3, -0.25) is 4.79 Å². The molecule has 0 saturated heterocycles. The number of halogens is 1. The van der Waals surface area contributed by atoms with Crippen LogP contribution in [0.3, 0.4) is 0 Å². The molecule has 1 rings (SSSR count). The van der Waals surface area contributed by atoms with Crippen LogP contribution in [0.1, 0.15) is 12.8 Å². The lowest BCUT2D eigenvalue weighted by molar-refractivity contribution is -0.143. The Morgan fingerprint density at radius 3 is 2.45 bits per heavy atom. The lowest BCUT2D eigenvalue weighted by Gasteiger charge is -2.03. The van der Waals surface area contributed by atoms with Crippen molar-refractivity contribution in [3.8, 4) is 0 Å². The minimum absolute atomic E-state index is 0.0107. The summed E-state index contributed by atoms with van der Waals surface area (Å²) in [5.74, 6) is -0.835. The van der Waals surface area contributed by atoms with E-state index in [1.54, 1.807) is 0 Å². The molecule has 0 aromatic heterocycles. The largest absolute Gasteiger partial charge is 0.468 e. The number of carbonyl (C=O) groups excluding carboxylic acids is 2. The van der Waals surface area contributed by atoms with E-state index in [0.717, 1.165) is 12.8 Å². The first-order chi connectivity index (χ1) is 5.16. The molecule has 0 aromatic rings. The van der Waals surface area contributed by atoms with Gasteiger partial charge in [-0.1, -0.05) is 0 Å². The summed E-state index contributed by atoms with van der Waals surface area (Å²) in [6.07, 6.45) is 1.72. The molecule has 0 spiro atoms. The SMILES string of the molecule is COC(=O)C(Cl)C(=O)C1CC1. The Hall–Kier alpha value is -0.570. The van der Waals surface area contributed by atoms with Gasteiger partial charge in [0.1, 0.15) is 0 Å². The zero-order chi connectivity index (χ0) is 8.43. The van der Waals surface area contributed by atoms with Crippen molar-refractivity contribution in [1.29, 1.82) is 0 Å². The molecule has 0 N–H and O–H groups in total. The van der Waals surface area contributed by atoms with Crippen molar-refractivity contribution in [2.75, 3.05) is 7.11 Å². The van der Waals surface area contributed by atoms with Crippen molar-refractivity contribution in [2.24, 2.45) is 5.92 Å². The molecule has 1 saturated carbocycles. The number of carbonyl (C=O) groups is 2. The van der Waals surface area contributed by atoms with Gasteiger partial charge in [-0.2, -0.15) is 0 Å². The molecule has 4 heteroatoms. The van der Waals surface area contributed by atoms with Crippen LogP contribution in [0.2, 0.25) is 0 Å². The fraction of sp³-hybridized carbons (Fsp3) is 0.714. The summed E-state index contributed by atoms with van der Waals surface area (Å²) in [5.41, 5.74) is 0. The summed E-state index contributed by atoms with van der Waals surface area (Å²) in [5, 5.41) is -1.09. The second-order valence-corrected chi connectivity index (χ2v) is 3.00. The topological polar surface area (TPSA) is 43.4 Å². The number of hydrogen-bond acceptors (Lipinski definition) is 3. The van der Waals surface area contributed by atoms with E-state index in [4.69, 9.17) is 11.6 Å². The third kappa shape index (κ3) is 1.93. The zero-order valence-corrected chi connectivity index (χ0v) is 6.93. The molecule has 1 fully saturated rings. The number of rotatable bonds is 3. The van der Waals surface area contributed by atoms with Gasteiger partial charge in [0.05, 0.1) is 7.11 Å². The van der Waals surface area contributed by atoms with Crippen LogP contribution in [0.15, 0.2) is 0 Å². The molecule has 0 heterocycles. The average molecular weight is 177 g/mol. The van der Waals surface area contributed by atoms with Crippen LogP contribution in [0.25, 0.3) is 0 Å². The third-order valence-corrected chi connectivity index (χ3v) is 2.03. The minimum Gasteiger partial charge on any atom is -0.468 e. The van der Waals surface area contributed by atoms with E-state index >= 15 is 0 Å². The van der Waals surface area contributed by atoms with Crippen LogP contribution in [-0.4, -0.2) is 24.2 Å². The predicted octanol–water partition coefficient (Wildman–Crippen LogP) is 0.746. The summed E-state index contributed by atoms with van der Waals surface area (Å²) in [4.78, 5) is 21.8. The van der Waals surface area contributed by atoms with Crippen LogP contribution >= 0.6 is 11.6 Å². The molecule has 0 bridgehead atoms. The van der Waals surface area contributed by atoms with Gasteiger partial charge in [0, 0.05) is 5.92 Å². The Morgan fingerprint density at radius 2 is 2.09 bits per heavy atom. The van der Waals surface area contributed by atoms with Gasteiger partial charge in [0.25, 0.3) is 0 Å². The van der Waals surface area contributed by atoms with Crippen molar-refractivity contribution in [1.82, 2.24) is 0 Å². The second kappa shape index (κ2) is 3.22. The van der Waals surface area contributed by atoms with Crippen molar-refractivity contribution in [2.45, 2.75) is 18.2 Å². The molecule has 1 atom stereocenters. The lowest BCUT2D eigenvalue weighted by Crippen LogP contribution is -2.26. The standard InChI is InChI=1S/C7H9ClO3/c1-11-7(10)5(8)6(9)4-2-3-4/h4-5H,2-3H2,1H3. The Labute approximate surface area is 69.7 Å². The molecule has 1 aliphatic carbocycles. The monoisotopic (exact) mass is 176 g/mol. The summed E-state index contributed by atoms with van der Waals surface area (Å²) >= 11 is 5.49. The summed E-state index contributed by atoms with van der Waals surface area (Å²) in [7, 11) is 1.22. The second-order valence-electron chi connectivity index (χ2n) is 2.56. The molecule has 0 aliphatic heterocycles. The quantitative estimate of drug-likeness (QED) is 0.362. The maximum absolute atomic E-state index is 11.1. The van der Waals surface area contributed by atoms with Gasteiger partial charge < -0.3 is 4.74 Å². The van der Waals surface area contributed by atoms with Crippen LogP contribution in [0, 0.1) is 5.92 Å². The molecule has 0 amide bonds. The molecular weight excluding hydrogens is 168 g/mol. The molecular formula is C7H9ClO3. The van der Waals surface area contributed by atoms with Crippen LogP contribution in [-0.2, 0) is 14.3 Å². The number of ketones is 1. The number of ether oxygens (including phenoxy) is 1. The highest BCUT2D eigenvalue weighted by Crippen LogP contribution is 2.32. The molecule has 1 unspecified atom stereocenters. The highest BCUT2D eigenvalue weighted by Gasteiger charge is 2.37. The molecule has 0 radical (unpaired) electrons. The lowest BCUT2D eigenvalue weighted by atomic mass is 10.2. The minimum atomic E-state index is -1.09. The Bertz CT molecular complexity index is 186. The van der Waals surface area contributed by atoms with Gasteiger partial charge >= 0.3 is 5.97 Å². The number of alkyl halides is 1. The van der Waals surface area contributed by atoms with Gasteiger partial charge in [-0.15, -0.1) is 11.6 Å². The highest BCUT2D eigenvalue weighted by atomic mass is 35.5. The first-order valence-electron chi connectivity index (χ1n) is 3.42. The van der Waals surface area contributed by atoms with E-state index in [0.29, 0.717) is 0 Å². The molecule has 3 nitrogen and oxygen atoms in total. The van der Waals surface area contributed by atoms with Crippen LogP contribution in [0.5, 0.6) is 0 Å². The molecule has 0 aromatic carbocycles. The Balaban J connectivity index is 2.44. The zero-order valence-electron chi connectivity index (χ0n) is 6.17. The normalized spacial score (nSPS) is 19.1. The van der Waals surface area contributed by atoms with Gasteiger partial charge in [0.2, 0.25) is 0 Å². The summed E-state index contributed by atoms with van der Waals surface area (Å²) in [6, 6.07) is 0. The summed E-state index contributed by atoms with van der Waals surface area (Å²) < 4.78 is 4.32. The van der Waals surface area contributed by atoms with Gasteiger partial charge in [-0.25, -0.2) is 4.79 Å². The molecule has 1 aliphatic rings. The van der Waals surface area contributed by atoms with Gasteiger partial charge in [0.15, 0.2) is 11.2 Å². The van der Waals surface area contributed by atoms with Crippen molar-refractivity contribution in [3.05, 3.63) is 0 Å². The van der Waals surface area contributed by atoms with E-state index in [2.05, 4.69) is 4.74 Å². The highest BCUT2D eigenvalue weighted by molar-refractivity contribution is 6.41. The number of hydrogen-bond donors (Lipinski definition) is 0. The van der Waals surface area contributed by atoms with E-state index in [1.807, 2.05) is 0 Å². The number of esters is 1. The van der Waals surface area contributed by atoms with E-state index in [1.165, 1.54) is 7.11 Å².